The van der Waals surface area contributed by atoms with Gasteiger partial charge < -0.3 is 10.1 Å². The van der Waals surface area contributed by atoms with Gasteiger partial charge in [0, 0.05) is 6.54 Å². The van der Waals surface area contributed by atoms with Gasteiger partial charge in [0.05, 0.1) is 6.42 Å². The molecule has 1 rings (SSSR count). The third-order valence-electron chi connectivity index (χ3n) is 3.37. The number of hydrogen-bond donors (Lipinski definition) is 1. The zero-order valence-corrected chi connectivity index (χ0v) is 11.7. The highest BCUT2D eigenvalue weighted by molar-refractivity contribution is 5.70. The van der Waals surface area contributed by atoms with Crippen LogP contribution in [-0.4, -0.2) is 24.7 Å². The van der Waals surface area contributed by atoms with Crippen LogP contribution in [0.3, 0.4) is 0 Å². The van der Waals surface area contributed by atoms with Crippen LogP contribution in [0, 0.1) is 11.8 Å². The van der Waals surface area contributed by atoms with Crippen molar-refractivity contribution in [2.24, 2.45) is 11.8 Å². The van der Waals surface area contributed by atoms with Crippen LogP contribution in [0.4, 0.5) is 0 Å². The summed E-state index contributed by atoms with van der Waals surface area (Å²) in [6.45, 7) is 9.81. The minimum absolute atomic E-state index is 0.107. The average molecular weight is 241 g/mol. The molecular formula is C14H27NO2. The topological polar surface area (TPSA) is 38.3 Å². The molecule has 0 aromatic carbocycles. The van der Waals surface area contributed by atoms with Crippen LogP contribution in [0.25, 0.3) is 0 Å². The predicted octanol–water partition coefficient (Wildman–Crippen LogP) is 2.74. The van der Waals surface area contributed by atoms with Gasteiger partial charge in [0.2, 0.25) is 0 Å². The first-order valence-electron chi connectivity index (χ1n) is 6.81. The monoisotopic (exact) mass is 241 g/mol. The summed E-state index contributed by atoms with van der Waals surface area (Å²) in [6.07, 6.45) is 4.52. The summed E-state index contributed by atoms with van der Waals surface area (Å²) in [5.74, 6) is 1.53. The first-order valence-corrected chi connectivity index (χ1v) is 6.81. The molecule has 0 heterocycles. The van der Waals surface area contributed by atoms with E-state index in [0.717, 1.165) is 24.9 Å². The molecule has 0 bridgehead atoms. The van der Waals surface area contributed by atoms with Gasteiger partial charge in [0.15, 0.2) is 0 Å². The maximum Gasteiger partial charge on any atom is 0.307 e. The van der Waals surface area contributed by atoms with Crippen LogP contribution in [0.5, 0.6) is 0 Å². The lowest BCUT2D eigenvalue weighted by atomic mass is 9.98. The van der Waals surface area contributed by atoms with Gasteiger partial charge in [-0.1, -0.05) is 19.8 Å². The van der Waals surface area contributed by atoms with E-state index in [4.69, 9.17) is 4.74 Å². The Hall–Kier alpha value is -0.570. The molecular weight excluding hydrogens is 214 g/mol. The fourth-order valence-corrected chi connectivity index (χ4v) is 2.40. The number of ether oxygens (including phenoxy) is 1. The van der Waals surface area contributed by atoms with Crippen LogP contribution in [0.2, 0.25) is 0 Å². The summed E-state index contributed by atoms with van der Waals surface area (Å²) >= 11 is 0. The Morgan fingerprint density at radius 2 is 2.06 bits per heavy atom. The Kier molecular flexibility index (Phi) is 5.44. The van der Waals surface area contributed by atoms with Crippen LogP contribution in [-0.2, 0) is 9.53 Å². The maximum atomic E-state index is 11.5. The normalized spacial score (nSPS) is 24.9. The van der Waals surface area contributed by atoms with Crippen molar-refractivity contribution < 1.29 is 9.53 Å². The molecule has 0 amide bonds. The molecule has 1 aliphatic rings. The second-order valence-corrected chi connectivity index (χ2v) is 6.21. The van der Waals surface area contributed by atoms with Crippen molar-refractivity contribution in [2.75, 3.05) is 13.1 Å². The van der Waals surface area contributed by atoms with Crippen molar-refractivity contribution in [1.82, 2.24) is 5.32 Å². The fraction of sp³-hybridized carbons (Fsp3) is 0.929. The molecule has 3 nitrogen and oxygen atoms in total. The second kappa shape index (κ2) is 6.39. The van der Waals surface area contributed by atoms with Gasteiger partial charge in [-0.2, -0.15) is 0 Å². The average Bonchev–Trinajstić information content (AvgIpc) is 2.56. The molecule has 1 N–H and O–H groups in total. The van der Waals surface area contributed by atoms with Crippen LogP contribution < -0.4 is 5.32 Å². The quantitative estimate of drug-likeness (QED) is 0.594. The van der Waals surface area contributed by atoms with E-state index in [9.17, 15) is 4.79 Å². The van der Waals surface area contributed by atoms with E-state index in [1.54, 1.807) is 0 Å². The number of carbonyl (C=O) groups excluding carboxylic acids is 1. The van der Waals surface area contributed by atoms with Crippen molar-refractivity contribution in [3.8, 4) is 0 Å². The van der Waals surface area contributed by atoms with E-state index in [0.29, 0.717) is 6.42 Å². The Bertz CT molecular complexity index is 245. The summed E-state index contributed by atoms with van der Waals surface area (Å²) in [4.78, 5) is 11.5. The lowest BCUT2D eigenvalue weighted by Gasteiger charge is -2.20. The van der Waals surface area contributed by atoms with Crippen molar-refractivity contribution in [2.45, 2.75) is 59.0 Å². The van der Waals surface area contributed by atoms with E-state index >= 15 is 0 Å². The van der Waals surface area contributed by atoms with Gasteiger partial charge in [-0.15, -0.1) is 0 Å². The van der Waals surface area contributed by atoms with Gasteiger partial charge >= 0.3 is 5.97 Å². The van der Waals surface area contributed by atoms with Crippen LogP contribution in [0.1, 0.15) is 53.4 Å². The van der Waals surface area contributed by atoms with Crippen molar-refractivity contribution in [3.63, 3.8) is 0 Å². The molecule has 0 aliphatic heterocycles. The molecule has 17 heavy (non-hydrogen) atoms. The Labute approximate surface area is 105 Å². The van der Waals surface area contributed by atoms with Crippen LogP contribution in [0.15, 0.2) is 0 Å². The smallest absolute Gasteiger partial charge is 0.307 e. The minimum atomic E-state index is -0.364. The van der Waals surface area contributed by atoms with Crippen molar-refractivity contribution in [1.29, 1.82) is 0 Å². The molecule has 1 saturated carbocycles. The number of rotatable bonds is 5. The molecule has 0 spiro atoms. The summed E-state index contributed by atoms with van der Waals surface area (Å²) in [5, 5.41) is 3.37. The number of hydrogen-bond acceptors (Lipinski definition) is 3. The highest BCUT2D eigenvalue weighted by Gasteiger charge is 2.22. The van der Waals surface area contributed by atoms with E-state index < -0.39 is 0 Å². The SMILES string of the molecule is CC1CCCC1CNCCC(=O)OC(C)(C)C. The van der Waals surface area contributed by atoms with Gasteiger partial charge in [0.25, 0.3) is 0 Å². The highest BCUT2D eigenvalue weighted by atomic mass is 16.6. The Balaban J connectivity index is 2.06. The lowest BCUT2D eigenvalue weighted by molar-refractivity contribution is -0.154. The third-order valence-corrected chi connectivity index (χ3v) is 3.37. The number of nitrogens with one attached hydrogen (secondary N) is 1. The molecule has 3 heteroatoms. The maximum absolute atomic E-state index is 11.5. The number of esters is 1. The van der Waals surface area contributed by atoms with E-state index in [1.165, 1.54) is 19.3 Å². The number of carbonyl (C=O) groups is 1. The largest absolute Gasteiger partial charge is 0.460 e. The molecule has 100 valence electrons. The van der Waals surface area contributed by atoms with Crippen molar-refractivity contribution in [3.05, 3.63) is 0 Å². The molecule has 2 unspecified atom stereocenters. The summed E-state index contributed by atoms with van der Waals surface area (Å²) in [5.41, 5.74) is -0.364. The zero-order valence-electron chi connectivity index (χ0n) is 11.7. The standard InChI is InChI=1S/C14H27NO2/c1-11-6-5-7-12(11)10-15-9-8-13(16)17-14(2,3)4/h11-12,15H,5-10H2,1-4H3. The third kappa shape index (κ3) is 6.06. The van der Waals surface area contributed by atoms with Gasteiger partial charge in [-0.25, -0.2) is 0 Å². The first kappa shape index (κ1) is 14.5. The van der Waals surface area contributed by atoms with Gasteiger partial charge in [-0.05, 0) is 45.6 Å². The predicted molar refractivity (Wildman–Crippen MR) is 69.8 cm³/mol. The van der Waals surface area contributed by atoms with E-state index in [-0.39, 0.29) is 11.6 Å². The Morgan fingerprint density at radius 1 is 1.35 bits per heavy atom. The highest BCUT2D eigenvalue weighted by Crippen LogP contribution is 2.30. The van der Waals surface area contributed by atoms with E-state index in [1.807, 2.05) is 20.8 Å². The molecule has 0 aromatic heterocycles. The zero-order chi connectivity index (χ0) is 12.9. The molecule has 0 radical (unpaired) electrons. The minimum Gasteiger partial charge on any atom is -0.460 e. The molecule has 2 atom stereocenters. The summed E-state index contributed by atoms with van der Waals surface area (Å²) < 4.78 is 5.25. The molecule has 1 aliphatic carbocycles. The lowest BCUT2D eigenvalue weighted by Crippen LogP contribution is -2.29. The van der Waals surface area contributed by atoms with Crippen LogP contribution >= 0.6 is 0 Å². The van der Waals surface area contributed by atoms with Crippen molar-refractivity contribution >= 4 is 5.97 Å². The second-order valence-electron chi connectivity index (χ2n) is 6.21. The van der Waals surface area contributed by atoms with Gasteiger partial charge in [-0.3, -0.25) is 4.79 Å². The Morgan fingerprint density at radius 3 is 2.59 bits per heavy atom. The first-order chi connectivity index (χ1) is 7.88. The van der Waals surface area contributed by atoms with E-state index in [2.05, 4.69) is 12.2 Å². The van der Waals surface area contributed by atoms with Gasteiger partial charge in [0.1, 0.15) is 5.60 Å². The molecule has 1 fully saturated rings. The fourth-order valence-electron chi connectivity index (χ4n) is 2.40. The summed E-state index contributed by atoms with van der Waals surface area (Å²) in [6, 6.07) is 0. The summed E-state index contributed by atoms with van der Waals surface area (Å²) in [7, 11) is 0. The molecule has 0 saturated heterocycles. The molecule has 0 aromatic rings.